The normalized spacial score (nSPS) is 9.44. The highest BCUT2D eigenvalue weighted by atomic mass is 32.1. The van der Waals surface area contributed by atoms with Gasteiger partial charge < -0.3 is 10.4 Å². The monoisotopic (exact) mass is 238 g/mol. The van der Waals surface area contributed by atoms with Gasteiger partial charge in [0.25, 0.3) is 5.91 Å². The van der Waals surface area contributed by atoms with Crippen LogP contribution in [-0.4, -0.2) is 28.5 Å². The molecule has 0 aliphatic rings. The van der Waals surface area contributed by atoms with Crippen LogP contribution in [0.1, 0.15) is 33.1 Å². The molecule has 1 rings (SSSR count). The SMILES string of the molecule is C#CCCCNC(=O)c1nc(C(=O)O)cs1. The Labute approximate surface area is 96.5 Å². The molecule has 0 radical (unpaired) electrons. The smallest absolute Gasteiger partial charge is 0.355 e. The highest BCUT2D eigenvalue weighted by Gasteiger charge is 2.13. The topological polar surface area (TPSA) is 79.3 Å². The molecule has 2 N–H and O–H groups in total. The minimum Gasteiger partial charge on any atom is -0.476 e. The van der Waals surface area contributed by atoms with Gasteiger partial charge in [0.15, 0.2) is 10.7 Å². The summed E-state index contributed by atoms with van der Waals surface area (Å²) in [6, 6.07) is 0. The first-order valence-electron chi connectivity index (χ1n) is 4.55. The van der Waals surface area contributed by atoms with E-state index in [9.17, 15) is 9.59 Å². The standard InChI is InChI=1S/C10H10N2O3S/c1-2-3-4-5-11-8(13)9-12-7(6-16-9)10(14)15/h1,6H,3-5H2,(H,11,13)(H,14,15). The molecule has 1 aromatic heterocycles. The molecule has 1 amide bonds. The van der Waals surface area contributed by atoms with Crippen LogP contribution in [0.3, 0.4) is 0 Å². The van der Waals surface area contributed by atoms with Gasteiger partial charge >= 0.3 is 5.97 Å². The van der Waals surface area contributed by atoms with Crippen molar-refractivity contribution in [3.8, 4) is 12.3 Å². The molecule has 0 saturated carbocycles. The Balaban J connectivity index is 2.47. The van der Waals surface area contributed by atoms with Crippen LogP contribution in [-0.2, 0) is 0 Å². The molecule has 0 fully saturated rings. The Hall–Kier alpha value is -1.87. The van der Waals surface area contributed by atoms with Crippen LogP contribution in [0.25, 0.3) is 0 Å². The Morgan fingerprint density at radius 2 is 2.38 bits per heavy atom. The van der Waals surface area contributed by atoms with Gasteiger partial charge in [0.1, 0.15) is 0 Å². The zero-order chi connectivity index (χ0) is 12.0. The molecular weight excluding hydrogens is 228 g/mol. The van der Waals surface area contributed by atoms with E-state index in [1.54, 1.807) is 0 Å². The molecule has 0 saturated heterocycles. The number of rotatable bonds is 5. The summed E-state index contributed by atoms with van der Waals surface area (Å²) in [6.45, 7) is 0.463. The van der Waals surface area contributed by atoms with E-state index < -0.39 is 5.97 Å². The number of carboxylic acids is 1. The van der Waals surface area contributed by atoms with Crippen molar-refractivity contribution in [3.05, 3.63) is 16.1 Å². The van der Waals surface area contributed by atoms with Crippen LogP contribution < -0.4 is 5.32 Å². The van der Waals surface area contributed by atoms with E-state index in [1.165, 1.54) is 5.38 Å². The van der Waals surface area contributed by atoms with Crippen LogP contribution >= 0.6 is 11.3 Å². The lowest BCUT2D eigenvalue weighted by Crippen LogP contribution is -2.24. The van der Waals surface area contributed by atoms with Gasteiger partial charge in [0, 0.05) is 18.3 Å². The fraction of sp³-hybridized carbons (Fsp3) is 0.300. The van der Waals surface area contributed by atoms with Gasteiger partial charge in [-0.3, -0.25) is 4.79 Å². The third kappa shape index (κ3) is 3.37. The largest absolute Gasteiger partial charge is 0.476 e. The maximum Gasteiger partial charge on any atom is 0.355 e. The van der Waals surface area contributed by atoms with E-state index >= 15 is 0 Å². The van der Waals surface area contributed by atoms with Crippen molar-refractivity contribution in [2.45, 2.75) is 12.8 Å². The van der Waals surface area contributed by atoms with E-state index in [1.807, 2.05) is 0 Å². The van der Waals surface area contributed by atoms with Crippen molar-refractivity contribution < 1.29 is 14.7 Å². The van der Waals surface area contributed by atoms with Gasteiger partial charge in [-0.15, -0.1) is 23.7 Å². The van der Waals surface area contributed by atoms with E-state index in [4.69, 9.17) is 11.5 Å². The lowest BCUT2D eigenvalue weighted by molar-refractivity contribution is 0.0691. The van der Waals surface area contributed by atoms with Crippen LogP contribution in [0, 0.1) is 12.3 Å². The summed E-state index contributed by atoms with van der Waals surface area (Å²) in [4.78, 5) is 25.6. The van der Waals surface area contributed by atoms with E-state index in [0.29, 0.717) is 19.4 Å². The molecule has 84 valence electrons. The summed E-state index contributed by atoms with van der Waals surface area (Å²) < 4.78 is 0. The molecule has 5 nitrogen and oxygen atoms in total. The Bertz CT molecular complexity index is 434. The van der Waals surface area contributed by atoms with E-state index in [0.717, 1.165) is 11.3 Å². The third-order valence-electron chi connectivity index (χ3n) is 1.70. The molecule has 6 heteroatoms. The van der Waals surface area contributed by atoms with E-state index in [2.05, 4.69) is 16.2 Å². The number of terminal acetylenes is 1. The molecule has 0 aromatic carbocycles. The Kier molecular flexibility index (Phi) is 4.48. The first-order chi connectivity index (χ1) is 7.65. The number of hydrogen-bond donors (Lipinski definition) is 2. The number of hydrogen-bond acceptors (Lipinski definition) is 4. The van der Waals surface area contributed by atoms with Gasteiger partial charge in [-0.25, -0.2) is 9.78 Å². The molecular formula is C10H10N2O3S. The van der Waals surface area contributed by atoms with Gasteiger partial charge in [-0.1, -0.05) is 0 Å². The maximum atomic E-state index is 11.4. The maximum absolute atomic E-state index is 11.4. The quantitative estimate of drug-likeness (QED) is 0.592. The summed E-state index contributed by atoms with van der Waals surface area (Å²) in [6.07, 6.45) is 6.34. The molecule has 0 bridgehead atoms. The first kappa shape index (κ1) is 12.2. The second-order valence-corrected chi connectivity index (χ2v) is 3.76. The average Bonchev–Trinajstić information content (AvgIpc) is 2.73. The second-order valence-electron chi connectivity index (χ2n) is 2.91. The summed E-state index contributed by atoms with van der Waals surface area (Å²) >= 11 is 1.01. The van der Waals surface area contributed by atoms with Gasteiger partial charge in [0.2, 0.25) is 0 Å². The van der Waals surface area contributed by atoms with E-state index in [-0.39, 0.29) is 16.6 Å². The van der Waals surface area contributed by atoms with Crippen molar-refractivity contribution in [3.63, 3.8) is 0 Å². The molecule has 0 aliphatic heterocycles. The summed E-state index contributed by atoms with van der Waals surface area (Å²) in [7, 11) is 0. The van der Waals surface area contributed by atoms with Gasteiger partial charge in [0.05, 0.1) is 0 Å². The minimum atomic E-state index is -1.14. The highest BCUT2D eigenvalue weighted by molar-refractivity contribution is 7.11. The summed E-state index contributed by atoms with van der Waals surface area (Å²) in [5, 5.41) is 12.7. The van der Waals surface area contributed by atoms with Crippen LogP contribution in [0.15, 0.2) is 5.38 Å². The Morgan fingerprint density at radius 1 is 1.62 bits per heavy atom. The van der Waals surface area contributed by atoms with Gasteiger partial charge in [-0.2, -0.15) is 0 Å². The third-order valence-corrected chi connectivity index (χ3v) is 2.54. The number of aromatic carboxylic acids is 1. The predicted octanol–water partition coefficient (Wildman–Crippen LogP) is 0.984. The molecule has 16 heavy (non-hydrogen) atoms. The number of carboxylic acid groups (broad SMARTS) is 1. The van der Waals surface area contributed by atoms with Crippen LogP contribution in [0.4, 0.5) is 0 Å². The lowest BCUT2D eigenvalue weighted by Gasteiger charge is -1.99. The van der Waals surface area contributed by atoms with Crippen molar-refractivity contribution in [2.24, 2.45) is 0 Å². The number of aromatic nitrogens is 1. The fourth-order valence-corrected chi connectivity index (χ4v) is 1.65. The van der Waals surface area contributed by atoms with Crippen LogP contribution in [0.5, 0.6) is 0 Å². The number of thiazole rings is 1. The number of carbonyl (C=O) groups excluding carboxylic acids is 1. The number of nitrogens with zero attached hydrogens (tertiary/aromatic N) is 1. The predicted molar refractivity (Wildman–Crippen MR) is 59.5 cm³/mol. The summed E-state index contributed by atoms with van der Waals surface area (Å²) in [5.41, 5.74) is -0.112. The Morgan fingerprint density at radius 3 is 2.94 bits per heavy atom. The number of amides is 1. The molecule has 1 aromatic rings. The van der Waals surface area contributed by atoms with Gasteiger partial charge in [-0.05, 0) is 6.42 Å². The van der Waals surface area contributed by atoms with Crippen molar-refractivity contribution in [1.29, 1.82) is 0 Å². The van der Waals surface area contributed by atoms with Crippen molar-refractivity contribution >= 4 is 23.2 Å². The zero-order valence-electron chi connectivity index (χ0n) is 8.40. The lowest BCUT2D eigenvalue weighted by atomic mass is 10.3. The number of nitrogens with one attached hydrogen (secondary N) is 1. The average molecular weight is 238 g/mol. The fourth-order valence-electron chi connectivity index (χ4n) is 0.944. The number of unbranched alkanes of at least 4 members (excludes halogenated alkanes) is 1. The molecule has 0 aliphatic carbocycles. The summed E-state index contributed by atoms with van der Waals surface area (Å²) in [5.74, 6) is 0.956. The van der Waals surface area contributed by atoms with Crippen LogP contribution in [0.2, 0.25) is 0 Å². The van der Waals surface area contributed by atoms with Crippen molar-refractivity contribution in [2.75, 3.05) is 6.54 Å². The minimum absolute atomic E-state index is 0.112. The highest BCUT2D eigenvalue weighted by Crippen LogP contribution is 2.09. The zero-order valence-corrected chi connectivity index (χ0v) is 9.21. The molecule has 0 spiro atoms. The molecule has 0 unspecified atom stereocenters. The first-order valence-corrected chi connectivity index (χ1v) is 5.43. The molecule has 1 heterocycles. The molecule has 0 atom stereocenters. The second kappa shape index (κ2) is 5.88. The van der Waals surface area contributed by atoms with Crippen molar-refractivity contribution in [1.82, 2.24) is 10.3 Å². The number of carbonyl (C=O) groups is 2.